The van der Waals surface area contributed by atoms with Gasteiger partial charge in [-0.05, 0) is 80.2 Å². The second kappa shape index (κ2) is 9.95. The van der Waals surface area contributed by atoms with Crippen LogP contribution in [0.5, 0.6) is 11.5 Å². The molecule has 1 N–H and O–H groups in total. The Kier molecular flexibility index (Phi) is 6.73. The smallest absolute Gasteiger partial charge is 0.174 e. The summed E-state index contributed by atoms with van der Waals surface area (Å²) in [5.41, 5.74) is 6.27. The number of aryl methyl sites for hydroxylation is 1. The first-order valence-electron chi connectivity index (χ1n) is 11.6. The summed E-state index contributed by atoms with van der Waals surface area (Å²) >= 11 is 9.55. The number of halogens is 1. The molecule has 0 unspecified atom stereocenters. The Bertz CT molecular complexity index is 1420. The molecule has 5 rings (SSSR count). The number of hydrogen-bond acceptors (Lipinski definition) is 4. The average Bonchev–Trinajstić information content (AvgIpc) is 3.38. The predicted octanol–water partition coefficient (Wildman–Crippen LogP) is 6.45. The highest BCUT2D eigenvalue weighted by Gasteiger charge is 2.43. The molecule has 1 fully saturated rings. The van der Waals surface area contributed by atoms with Gasteiger partial charge >= 0.3 is 0 Å². The number of aromatic nitrogens is 2. The number of ether oxygens (including phenoxy) is 2. The Morgan fingerprint density at radius 1 is 0.972 bits per heavy atom. The van der Waals surface area contributed by atoms with E-state index in [4.69, 9.17) is 21.7 Å². The molecule has 184 valence electrons. The molecule has 6 nitrogen and oxygen atoms in total. The largest absolute Gasteiger partial charge is 0.497 e. The van der Waals surface area contributed by atoms with Crippen LogP contribution in [0.25, 0.3) is 5.69 Å². The predicted molar refractivity (Wildman–Crippen MR) is 150 cm³/mol. The monoisotopic (exact) mass is 562 g/mol. The van der Waals surface area contributed by atoms with Crippen molar-refractivity contribution < 1.29 is 9.47 Å². The number of nitrogens with zero attached hydrogens (tertiary/aromatic N) is 3. The third-order valence-electron chi connectivity index (χ3n) is 6.60. The molecule has 0 amide bonds. The fourth-order valence-corrected chi connectivity index (χ4v) is 5.74. The second-order valence-corrected chi connectivity index (χ2v) is 9.98. The number of methoxy groups -OCH3 is 2. The van der Waals surface area contributed by atoms with Gasteiger partial charge in [0.25, 0.3) is 0 Å². The molecular weight excluding hydrogens is 536 g/mol. The van der Waals surface area contributed by atoms with Crippen LogP contribution < -0.4 is 19.7 Å². The standard InChI is InChI=1S/C28H27BrN4O2S/c1-17-14-22(18(2)32(17)20-9-7-8-19(29)15-20)27-26(23-10-5-6-13-30-23)31-28(36)33(27)24-16-21(34-3)11-12-25(24)35-4/h5-16,26-27H,1-4H3,(H,31,36)/t26-,27+/m1/s1. The molecule has 2 atom stereocenters. The first kappa shape index (κ1) is 24.3. The average molecular weight is 564 g/mol. The molecular formula is C28H27BrN4O2S. The number of nitrogens with one attached hydrogen (secondary N) is 1. The van der Waals surface area contributed by atoms with Crippen molar-refractivity contribution in [3.05, 3.63) is 100 Å². The fraction of sp³-hybridized carbons (Fsp3) is 0.214. The first-order chi connectivity index (χ1) is 17.4. The molecule has 4 aromatic rings. The van der Waals surface area contributed by atoms with E-state index in [0.717, 1.165) is 44.2 Å². The lowest BCUT2D eigenvalue weighted by molar-refractivity contribution is 0.403. The Morgan fingerprint density at radius 2 is 1.81 bits per heavy atom. The maximum Gasteiger partial charge on any atom is 0.174 e. The topological polar surface area (TPSA) is 51.6 Å². The minimum absolute atomic E-state index is 0.161. The zero-order valence-electron chi connectivity index (χ0n) is 20.5. The molecule has 0 bridgehead atoms. The maximum atomic E-state index is 5.93. The number of anilines is 1. The van der Waals surface area contributed by atoms with Gasteiger partial charge in [0.1, 0.15) is 11.5 Å². The van der Waals surface area contributed by atoms with Crippen molar-refractivity contribution in [2.24, 2.45) is 0 Å². The Hall–Kier alpha value is -3.36. The summed E-state index contributed by atoms with van der Waals surface area (Å²) in [7, 11) is 3.33. The lowest BCUT2D eigenvalue weighted by atomic mass is 9.96. The molecule has 1 aliphatic heterocycles. The number of hydrogen-bond donors (Lipinski definition) is 1. The van der Waals surface area contributed by atoms with Gasteiger partial charge in [0, 0.05) is 33.8 Å². The molecule has 1 aliphatic rings. The van der Waals surface area contributed by atoms with Gasteiger partial charge in [0.05, 0.1) is 37.7 Å². The highest BCUT2D eigenvalue weighted by Crippen LogP contribution is 2.47. The highest BCUT2D eigenvalue weighted by molar-refractivity contribution is 9.10. The van der Waals surface area contributed by atoms with Crippen molar-refractivity contribution >= 4 is 38.9 Å². The summed E-state index contributed by atoms with van der Waals surface area (Å²) < 4.78 is 14.6. The van der Waals surface area contributed by atoms with Crippen LogP contribution in [0.3, 0.4) is 0 Å². The van der Waals surface area contributed by atoms with Gasteiger partial charge in [0.2, 0.25) is 0 Å². The van der Waals surface area contributed by atoms with Crippen molar-refractivity contribution in [2.75, 3.05) is 19.1 Å². The van der Waals surface area contributed by atoms with Gasteiger partial charge in [-0.25, -0.2) is 0 Å². The second-order valence-electron chi connectivity index (χ2n) is 8.68. The normalized spacial score (nSPS) is 17.2. The Labute approximate surface area is 225 Å². The first-order valence-corrected chi connectivity index (χ1v) is 12.8. The van der Waals surface area contributed by atoms with E-state index >= 15 is 0 Å². The fourth-order valence-electron chi connectivity index (χ4n) is 5.02. The van der Waals surface area contributed by atoms with Crippen LogP contribution in [0.15, 0.2) is 77.4 Å². The molecule has 2 aromatic heterocycles. The van der Waals surface area contributed by atoms with Gasteiger partial charge in [0.15, 0.2) is 5.11 Å². The number of benzene rings is 2. The molecule has 1 saturated heterocycles. The summed E-state index contributed by atoms with van der Waals surface area (Å²) in [5, 5.41) is 4.15. The highest BCUT2D eigenvalue weighted by atomic mass is 79.9. The summed E-state index contributed by atoms with van der Waals surface area (Å²) in [5.74, 6) is 1.45. The third-order valence-corrected chi connectivity index (χ3v) is 7.41. The van der Waals surface area contributed by atoms with Crippen LogP contribution in [0.1, 0.15) is 34.7 Å². The van der Waals surface area contributed by atoms with Crippen LogP contribution in [0.2, 0.25) is 0 Å². The maximum absolute atomic E-state index is 5.93. The van der Waals surface area contributed by atoms with Crippen molar-refractivity contribution in [2.45, 2.75) is 25.9 Å². The zero-order valence-corrected chi connectivity index (χ0v) is 22.9. The SMILES string of the molecule is COc1ccc(OC)c(N2C(=S)N[C@H](c3ccccn3)[C@@H]2c2cc(C)n(-c3cccc(Br)c3)c2C)c1. The summed E-state index contributed by atoms with van der Waals surface area (Å²) in [6, 6.07) is 22.0. The van der Waals surface area contributed by atoms with E-state index in [-0.39, 0.29) is 12.1 Å². The lowest BCUT2D eigenvalue weighted by Crippen LogP contribution is -2.30. The molecule has 0 spiro atoms. The summed E-state index contributed by atoms with van der Waals surface area (Å²) in [6.07, 6.45) is 1.82. The van der Waals surface area contributed by atoms with Gasteiger partial charge in [-0.1, -0.05) is 28.1 Å². The molecule has 0 aliphatic carbocycles. The number of rotatable bonds is 6. The molecule has 2 aromatic carbocycles. The molecule has 36 heavy (non-hydrogen) atoms. The minimum atomic E-state index is -0.166. The van der Waals surface area contributed by atoms with E-state index in [2.05, 4.69) is 67.7 Å². The quantitative estimate of drug-likeness (QED) is 0.273. The van der Waals surface area contributed by atoms with E-state index in [1.54, 1.807) is 14.2 Å². The van der Waals surface area contributed by atoms with E-state index in [0.29, 0.717) is 10.9 Å². The molecule has 0 radical (unpaired) electrons. The van der Waals surface area contributed by atoms with Gasteiger partial charge < -0.3 is 24.3 Å². The molecule has 0 saturated carbocycles. The van der Waals surface area contributed by atoms with E-state index in [9.17, 15) is 0 Å². The zero-order chi connectivity index (χ0) is 25.4. The van der Waals surface area contributed by atoms with Crippen molar-refractivity contribution in [1.82, 2.24) is 14.9 Å². The van der Waals surface area contributed by atoms with Crippen molar-refractivity contribution in [1.29, 1.82) is 0 Å². The number of pyridine rings is 1. The Balaban J connectivity index is 1.72. The van der Waals surface area contributed by atoms with Gasteiger partial charge in [-0.3, -0.25) is 4.98 Å². The molecule has 8 heteroatoms. The van der Waals surface area contributed by atoms with E-state index in [1.807, 2.05) is 54.7 Å². The molecule has 3 heterocycles. The van der Waals surface area contributed by atoms with Crippen molar-refractivity contribution in [3.8, 4) is 17.2 Å². The van der Waals surface area contributed by atoms with Crippen LogP contribution in [-0.2, 0) is 0 Å². The minimum Gasteiger partial charge on any atom is -0.497 e. The van der Waals surface area contributed by atoms with E-state index in [1.165, 1.54) is 0 Å². The third kappa shape index (κ3) is 4.24. The summed E-state index contributed by atoms with van der Waals surface area (Å²) in [6.45, 7) is 4.28. The van der Waals surface area contributed by atoms with Crippen LogP contribution in [-0.4, -0.2) is 28.9 Å². The van der Waals surface area contributed by atoms with Crippen LogP contribution >= 0.6 is 28.1 Å². The lowest BCUT2D eigenvalue weighted by Gasteiger charge is -2.29. The van der Waals surface area contributed by atoms with E-state index < -0.39 is 0 Å². The van der Waals surface area contributed by atoms with Crippen LogP contribution in [0, 0.1) is 13.8 Å². The van der Waals surface area contributed by atoms with Gasteiger partial charge in [-0.15, -0.1) is 0 Å². The van der Waals surface area contributed by atoms with Crippen LogP contribution in [0.4, 0.5) is 5.69 Å². The van der Waals surface area contributed by atoms with Crippen molar-refractivity contribution in [3.63, 3.8) is 0 Å². The number of thiocarbonyl (C=S) groups is 1. The Morgan fingerprint density at radius 3 is 2.50 bits per heavy atom. The summed E-state index contributed by atoms with van der Waals surface area (Å²) in [4.78, 5) is 6.81. The van der Waals surface area contributed by atoms with Gasteiger partial charge in [-0.2, -0.15) is 0 Å².